The van der Waals surface area contributed by atoms with Crippen molar-refractivity contribution in [1.82, 2.24) is 4.90 Å². The van der Waals surface area contributed by atoms with E-state index in [1.807, 2.05) is 34.6 Å². The Labute approximate surface area is 154 Å². The molecule has 1 aliphatic rings. The Bertz CT molecular complexity index is 622. The first-order valence-corrected chi connectivity index (χ1v) is 10.2. The van der Waals surface area contributed by atoms with Gasteiger partial charge in [-0.1, -0.05) is 29.4 Å². The second-order valence-electron chi connectivity index (χ2n) is 8.22. The van der Waals surface area contributed by atoms with Crippen molar-refractivity contribution in [3.63, 3.8) is 0 Å². The summed E-state index contributed by atoms with van der Waals surface area (Å²) in [6, 6.07) is 7.61. The molecule has 1 fully saturated rings. The van der Waals surface area contributed by atoms with Crippen LogP contribution in [0.1, 0.15) is 52.2 Å². The predicted octanol–water partition coefficient (Wildman–Crippen LogP) is 3.81. The zero-order valence-electron chi connectivity index (χ0n) is 16.6. The van der Waals surface area contributed by atoms with Gasteiger partial charge in [-0.25, -0.2) is 4.79 Å². The maximum absolute atomic E-state index is 12.6. The van der Waals surface area contributed by atoms with Gasteiger partial charge in [0.05, 0.1) is 22.2 Å². The summed E-state index contributed by atoms with van der Waals surface area (Å²) in [6.07, 6.45) is 0.643. The van der Waals surface area contributed by atoms with E-state index in [4.69, 9.17) is 9.47 Å². The molecule has 1 aliphatic heterocycles. The number of hydrogen-bond donors (Lipinski definition) is 0. The average Bonchev–Trinajstić information content (AvgIpc) is 2.76. The monoisotopic (exact) mass is 361 g/mol. The number of benzene rings is 1. The van der Waals surface area contributed by atoms with Crippen LogP contribution in [-0.4, -0.2) is 44.5 Å². The van der Waals surface area contributed by atoms with Crippen LogP contribution < -0.4 is 5.19 Å². The molecule has 0 spiro atoms. The molecular weight excluding hydrogens is 330 g/mol. The number of ether oxygens (including phenoxy) is 2. The topological polar surface area (TPSA) is 38.8 Å². The molecule has 0 aromatic heterocycles. The van der Waals surface area contributed by atoms with Crippen molar-refractivity contribution in [3.05, 3.63) is 29.3 Å². The fourth-order valence-electron chi connectivity index (χ4n) is 3.09. The number of aryl methyl sites for hydroxylation is 1. The van der Waals surface area contributed by atoms with Crippen molar-refractivity contribution in [1.29, 1.82) is 0 Å². The largest absolute Gasteiger partial charge is 0.444 e. The molecule has 0 N–H and O–H groups in total. The van der Waals surface area contributed by atoms with E-state index >= 15 is 0 Å². The first kappa shape index (κ1) is 20.0. The Morgan fingerprint density at radius 1 is 1.36 bits per heavy atom. The van der Waals surface area contributed by atoms with Crippen LogP contribution in [0.5, 0.6) is 0 Å². The fraction of sp³-hybridized carbons (Fsp3) is 0.650. The van der Waals surface area contributed by atoms with Gasteiger partial charge < -0.3 is 9.47 Å². The van der Waals surface area contributed by atoms with E-state index in [0.29, 0.717) is 6.61 Å². The Morgan fingerprint density at radius 3 is 2.68 bits per heavy atom. The van der Waals surface area contributed by atoms with Gasteiger partial charge in [0.15, 0.2) is 0 Å². The number of hydrogen-bond acceptors (Lipinski definition) is 3. The highest BCUT2D eigenvalue weighted by Crippen LogP contribution is 2.31. The number of carbonyl (C=O) groups excluding carboxylic acids is 1. The Balaban J connectivity index is 2.00. The molecule has 25 heavy (non-hydrogen) atoms. The van der Waals surface area contributed by atoms with Crippen LogP contribution in [-0.2, 0) is 9.47 Å². The molecule has 1 aromatic rings. The molecule has 1 amide bonds. The first-order chi connectivity index (χ1) is 11.5. The molecule has 1 aromatic carbocycles. The molecular formula is C20H31NO3Si. The standard InChI is InChI=1S/C20H31NO3Si/c1-14-9-8-10-17(15(14)2)25-12-11-16-13-23-20(6,7)21(16)18(22)24-19(3,4)5/h8-10,16H,11-13H2,1-7H3. The highest BCUT2D eigenvalue weighted by atomic mass is 28.2. The quantitative estimate of drug-likeness (QED) is 0.766. The van der Waals surface area contributed by atoms with Crippen LogP contribution in [0.3, 0.4) is 0 Å². The molecule has 1 atom stereocenters. The SMILES string of the molecule is Cc1cccc([Si]CCC2COC(C)(C)N2C(=O)OC(C)(C)C)c1C. The predicted molar refractivity (Wildman–Crippen MR) is 103 cm³/mol. The van der Waals surface area contributed by atoms with Crippen LogP contribution in [0.2, 0.25) is 6.04 Å². The second-order valence-corrected chi connectivity index (χ2v) is 9.62. The van der Waals surface area contributed by atoms with E-state index in [0.717, 1.165) is 22.0 Å². The normalized spacial score (nSPS) is 20.0. The van der Waals surface area contributed by atoms with E-state index in [1.165, 1.54) is 16.3 Å². The average molecular weight is 362 g/mol. The highest BCUT2D eigenvalue weighted by molar-refractivity contribution is 6.54. The lowest BCUT2D eigenvalue weighted by molar-refractivity contribution is -0.0625. The van der Waals surface area contributed by atoms with Crippen molar-refractivity contribution in [2.24, 2.45) is 0 Å². The third-order valence-corrected chi connectivity index (χ3v) is 6.02. The lowest BCUT2D eigenvalue weighted by Gasteiger charge is -2.35. The summed E-state index contributed by atoms with van der Waals surface area (Å²) < 4.78 is 11.5. The van der Waals surface area contributed by atoms with E-state index in [1.54, 1.807) is 4.90 Å². The molecule has 2 radical (unpaired) electrons. The zero-order valence-corrected chi connectivity index (χ0v) is 17.6. The third kappa shape index (κ3) is 5.08. The van der Waals surface area contributed by atoms with Gasteiger partial charge in [-0.15, -0.1) is 0 Å². The lowest BCUT2D eigenvalue weighted by atomic mass is 10.1. The first-order valence-electron chi connectivity index (χ1n) is 8.97. The van der Waals surface area contributed by atoms with Crippen molar-refractivity contribution < 1.29 is 14.3 Å². The smallest absolute Gasteiger partial charge is 0.412 e. The van der Waals surface area contributed by atoms with E-state index < -0.39 is 11.3 Å². The van der Waals surface area contributed by atoms with Gasteiger partial charge in [-0.05, 0) is 66.0 Å². The molecule has 138 valence electrons. The minimum atomic E-state index is -0.616. The van der Waals surface area contributed by atoms with Gasteiger partial charge in [0.1, 0.15) is 11.3 Å². The molecule has 1 saturated heterocycles. The van der Waals surface area contributed by atoms with Crippen molar-refractivity contribution in [3.8, 4) is 0 Å². The van der Waals surface area contributed by atoms with E-state index in [-0.39, 0.29) is 12.1 Å². The fourth-order valence-corrected chi connectivity index (χ4v) is 4.52. The number of carbonyl (C=O) groups is 1. The van der Waals surface area contributed by atoms with E-state index in [9.17, 15) is 4.79 Å². The van der Waals surface area contributed by atoms with Crippen LogP contribution in [0.4, 0.5) is 4.79 Å². The molecule has 5 heteroatoms. The molecule has 4 nitrogen and oxygen atoms in total. The van der Waals surface area contributed by atoms with Gasteiger partial charge in [-0.2, -0.15) is 0 Å². The van der Waals surface area contributed by atoms with Crippen LogP contribution >= 0.6 is 0 Å². The molecule has 1 heterocycles. The summed E-state index contributed by atoms with van der Waals surface area (Å²) in [4.78, 5) is 14.4. The highest BCUT2D eigenvalue weighted by Gasteiger charge is 2.45. The van der Waals surface area contributed by atoms with Gasteiger partial charge >= 0.3 is 6.09 Å². The molecule has 2 rings (SSSR count). The Kier molecular flexibility index (Phi) is 6.00. The lowest BCUT2D eigenvalue weighted by Crippen LogP contribution is -2.49. The Hall–Kier alpha value is -1.33. The second kappa shape index (κ2) is 7.50. The van der Waals surface area contributed by atoms with Gasteiger partial charge in [-0.3, -0.25) is 4.90 Å². The van der Waals surface area contributed by atoms with Crippen molar-refractivity contribution >= 4 is 20.8 Å². The summed E-state index contributed by atoms with van der Waals surface area (Å²) in [6.45, 7) is 14.5. The van der Waals surface area contributed by atoms with Crippen LogP contribution in [0.15, 0.2) is 18.2 Å². The van der Waals surface area contributed by atoms with Crippen LogP contribution in [0.25, 0.3) is 0 Å². The Morgan fingerprint density at radius 2 is 2.04 bits per heavy atom. The molecule has 0 saturated carbocycles. The molecule has 0 aliphatic carbocycles. The third-order valence-electron chi connectivity index (χ3n) is 4.56. The number of rotatable bonds is 4. The van der Waals surface area contributed by atoms with Crippen molar-refractivity contribution in [2.75, 3.05) is 6.61 Å². The van der Waals surface area contributed by atoms with E-state index in [2.05, 4.69) is 32.0 Å². The minimum absolute atomic E-state index is 0.0717. The summed E-state index contributed by atoms with van der Waals surface area (Å²) in [5.41, 5.74) is 1.61. The van der Waals surface area contributed by atoms with Crippen molar-refractivity contribution in [2.45, 2.75) is 78.3 Å². The molecule has 1 unspecified atom stereocenters. The number of nitrogens with zero attached hydrogens (tertiary/aromatic N) is 1. The summed E-state index contributed by atoms with van der Waals surface area (Å²) in [5, 5.41) is 1.42. The van der Waals surface area contributed by atoms with Gasteiger partial charge in [0.25, 0.3) is 0 Å². The maximum atomic E-state index is 12.6. The summed E-state index contributed by atoms with van der Waals surface area (Å²) in [5.74, 6) is 0. The van der Waals surface area contributed by atoms with Crippen LogP contribution in [0, 0.1) is 13.8 Å². The zero-order chi connectivity index (χ0) is 18.8. The van der Waals surface area contributed by atoms with Gasteiger partial charge in [0.2, 0.25) is 0 Å². The minimum Gasteiger partial charge on any atom is -0.444 e. The number of amides is 1. The summed E-state index contributed by atoms with van der Waals surface area (Å²) in [7, 11) is 0.747. The molecule has 0 bridgehead atoms. The maximum Gasteiger partial charge on any atom is 0.412 e. The summed E-state index contributed by atoms with van der Waals surface area (Å²) >= 11 is 0. The van der Waals surface area contributed by atoms with Gasteiger partial charge in [0, 0.05) is 0 Å².